The molecule has 1 amide bonds. The molecule has 7 heteroatoms. The minimum Gasteiger partial charge on any atom is -0.325 e. The summed E-state index contributed by atoms with van der Waals surface area (Å²) in [7, 11) is 1.24. The normalized spacial score (nSPS) is 10.9. The van der Waals surface area contributed by atoms with Crippen LogP contribution in [0.4, 0.5) is 4.39 Å². The molecule has 0 aliphatic heterocycles. The summed E-state index contributed by atoms with van der Waals surface area (Å²) in [6.07, 6.45) is 3.16. The Morgan fingerprint density at radius 1 is 1.32 bits per heavy atom. The van der Waals surface area contributed by atoms with Crippen molar-refractivity contribution in [3.63, 3.8) is 0 Å². The fourth-order valence-corrected chi connectivity index (χ4v) is 2.15. The smallest absolute Gasteiger partial charge is 0.295 e. The Bertz CT molecular complexity index is 827. The van der Waals surface area contributed by atoms with Crippen molar-refractivity contribution >= 4 is 16.9 Å². The van der Waals surface area contributed by atoms with Crippen LogP contribution in [-0.2, 0) is 6.54 Å². The van der Waals surface area contributed by atoms with E-state index in [2.05, 4.69) is 9.97 Å². The molecule has 0 atom stereocenters. The largest absolute Gasteiger partial charge is 0.325 e. The van der Waals surface area contributed by atoms with Crippen molar-refractivity contribution in [2.24, 2.45) is 0 Å². The van der Waals surface area contributed by atoms with Crippen LogP contribution in [0.25, 0.3) is 11.0 Å². The van der Waals surface area contributed by atoms with Crippen LogP contribution in [0.3, 0.4) is 0 Å². The number of pyridine rings is 1. The second-order valence-corrected chi connectivity index (χ2v) is 4.89. The van der Waals surface area contributed by atoms with Crippen molar-refractivity contribution < 1.29 is 14.4 Å². The lowest BCUT2D eigenvalue weighted by Crippen LogP contribution is -2.23. The lowest BCUT2D eigenvalue weighted by atomic mass is 10.2. The Kier molecular flexibility index (Phi) is 3.56. The van der Waals surface area contributed by atoms with Gasteiger partial charge in [0.15, 0.2) is 0 Å². The van der Waals surface area contributed by atoms with Crippen molar-refractivity contribution in [2.75, 3.05) is 7.05 Å². The molecule has 0 aliphatic carbocycles. The first-order valence-electron chi connectivity index (χ1n) is 6.57. The number of benzene rings is 1. The number of carbonyl (C=O) groups is 1. The molecule has 0 aliphatic rings. The number of hydrogen-bond donors (Lipinski definition) is 1. The maximum Gasteiger partial charge on any atom is 0.295 e. The van der Waals surface area contributed by atoms with E-state index in [0.717, 1.165) is 11.1 Å². The Morgan fingerprint density at radius 3 is 2.73 bits per heavy atom. The predicted octanol–water partition coefficient (Wildman–Crippen LogP) is 2.08. The Labute approximate surface area is 125 Å². The maximum absolute atomic E-state index is 12.9. The third-order valence-corrected chi connectivity index (χ3v) is 3.29. The Morgan fingerprint density at radius 2 is 2.05 bits per heavy atom. The molecule has 0 fully saturated rings. The van der Waals surface area contributed by atoms with E-state index >= 15 is 0 Å². The molecular formula is C15H13FN4O2. The quantitative estimate of drug-likeness (QED) is 0.594. The standard InChI is InChI=1S/C15H13FN4O2/c1-19(22)15(21)13-6-12-14(7-17-13)20(9-18-12)8-10-2-4-11(16)5-3-10/h2-7,9,22H,8H2,1H3. The van der Waals surface area contributed by atoms with Gasteiger partial charge in [0.2, 0.25) is 0 Å². The SMILES string of the molecule is CN(O)C(=O)c1cc2ncn(Cc3ccc(F)cc3)c2cn1. The van der Waals surface area contributed by atoms with Crippen LogP contribution in [0, 0.1) is 5.82 Å². The van der Waals surface area contributed by atoms with Gasteiger partial charge < -0.3 is 4.57 Å². The van der Waals surface area contributed by atoms with Crippen LogP contribution in [0.15, 0.2) is 42.9 Å². The molecule has 22 heavy (non-hydrogen) atoms. The first-order valence-corrected chi connectivity index (χ1v) is 6.57. The molecule has 3 aromatic rings. The average Bonchev–Trinajstić information content (AvgIpc) is 2.91. The van der Waals surface area contributed by atoms with E-state index in [1.54, 1.807) is 18.5 Å². The number of halogens is 1. The summed E-state index contributed by atoms with van der Waals surface area (Å²) >= 11 is 0. The van der Waals surface area contributed by atoms with Gasteiger partial charge in [-0.15, -0.1) is 0 Å². The van der Waals surface area contributed by atoms with E-state index in [1.807, 2.05) is 4.57 Å². The first kappa shape index (κ1) is 14.2. The van der Waals surface area contributed by atoms with E-state index in [0.29, 0.717) is 17.1 Å². The minimum atomic E-state index is -0.602. The van der Waals surface area contributed by atoms with E-state index in [4.69, 9.17) is 5.21 Å². The van der Waals surface area contributed by atoms with E-state index in [-0.39, 0.29) is 11.5 Å². The molecule has 0 bridgehead atoms. The Balaban J connectivity index is 1.92. The van der Waals surface area contributed by atoms with Crippen LogP contribution in [0.1, 0.15) is 16.1 Å². The molecule has 112 valence electrons. The highest BCUT2D eigenvalue weighted by molar-refractivity contribution is 5.94. The number of carbonyl (C=O) groups excluding carboxylic acids is 1. The van der Waals surface area contributed by atoms with Gasteiger partial charge in [-0.1, -0.05) is 12.1 Å². The summed E-state index contributed by atoms with van der Waals surface area (Å²) in [6, 6.07) is 7.73. The van der Waals surface area contributed by atoms with Crippen molar-refractivity contribution in [2.45, 2.75) is 6.54 Å². The van der Waals surface area contributed by atoms with E-state index in [9.17, 15) is 9.18 Å². The lowest BCUT2D eigenvalue weighted by molar-refractivity contribution is -0.0379. The van der Waals surface area contributed by atoms with Crippen LogP contribution in [0.2, 0.25) is 0 Å². The van der Waals surface area contributed by atoms with Gasteiger partial charge >= 0.3 is 0 Å². The number of amides is 1. The number of imidazole rings is 1. The average molecular weight is 300 g/mol. The number of hydrogen-bond acceptors (Lipinski definition) is 4. The minimum absolute atomic E-state index is 0.115. The van der Waals surface area contributed by atoms with Gasteiger partial charge in [0, 0.05) is 13.6 Å². The van der Waals surface area contributed by atoms with Gasteiger partial charge in [0.1, 0.15) is 11.5 Å². The van der Waals surface area contributed by atoms with Gasteiger partial charge in [-0.2, -0.15) is 0 Å². The van der Waals surface area contributed by atoms with Gasteiger partial charge in [0.05, 0.1) is 23.6 Å². The highest BCUT2D eigenvalue weighted by Crippen LogP contribution is 2.15. The number of nitrogens with zero attached hydrogens (tertiary/aromatic N) is 4. The number of aromatic nitrogens is 3. The summed E-state index contributed by atoms with van der Waals surface area (Å²) < 4.78 is 14.8. The first-order chi connectivity index (χ1) is 10.5. The molecule has 0 saturated carbocycles. The fraction of sp³-hybridized carbons (Fsp3) is 0.133. The molecular weight excluding hydrogens is 287 g/mol. The van der Waals surface area contributed by atoms with Crippen LogP contribution < -0.4 is 0 Å². The van der Waals surface area contributed by atoms with E-state index < -0.39 is 5.91 Å². The van der Waals surface area contributed by atoms with Gasteiger partial charge in [0.25, 0.3) is 5.91 Å². The molecule has 0 spiro atoms. The topological polar surface area (TPSA) is 71.2 Å². The van der Waals surface area contributed by atoms with Crippen molar-refractivity contribution in [3.05, 3.63) is 59.9 Å². The van der Waals surface area contributed by atoms with Crippen molar-refractivity contribution in [1.29, 1.82) is 0 Å². The molecule has 2 aromatic heterocycles. The van der Waals surface area contributed by atoms with Crippen molar-refractivity contribution in [1.82, 2.24) is 19.6 Å². The highest BCUT2D eigenvalue weighted by atomic mass is 19.1. The van der Waals surface area contributed by atoms with E-state index in [1.165, 1.54) is 31.4 Å². The summed E-state index contributed by atoms with van der Waals surface area (Å²) in [5.41, 5.74) is 2.39. The van der Waals surface area contributed by atoms with Gasteiger partial charge in [-0.25, -0.2) is 19.4 Å². The maximum atomic E-state index is 12.9. The van der Waals surface area contributed by atoms with Crippen LogP contribution in [-0.4, -0.2) is 37.8 Å². The lowest BCUT2D eigenvalue weighted by Gasteiger charge is -2.08. The summed E-state index contributed by atoms with van der Waals surface area (Å²) in [4.78, 5) is 19.9. The molecule has 2 heterocycles. The molecule has 0 unspecified atom stereocenters. The Hall–Kier alpha value is -2.80. The molecule has 3 rings (SSSR count). The number of hydroxylamine groups is 2. The zero-order valence-corrected chi connectivity index (χ0v) is 11.8. The second kappa shape index (κ2) is 5.53. The predicted molar refractivity (Wildman–Crippen MR) is 76.9 cm³/mol. The zero-order chi connectivity index (χ0) is 15.7. The molecule has 1 aromatic carbocycles. The summed E-state index contributed by atoms with van der Waals surface area (Å²) in [5, 5.41) is 9.63. The molecule has 0 radical (unpaired) electrons. The summed E-state index contributed by atoms with van der Waals surface area (Å²) in [6.45, 7) is 0.519. The van der Waals surface area contributed by atoms with Crippen molar-refractivity contribution in [3.8, 4) is 0 Å². The van der Waals surface area contributed by atoms with Crippen LogP contribution >= 0.6 is 0 Å². The molecule has 6 nitrogen and oxygen atoms in total. The third-order valence-electron chi connectivity index (χ3n) is 3.29. The molecule has 0 saturated heterocycles. The van der Waals surface area contributed by atoms with Gasteiger partial charge in [-0.05, 0) is 23.8 Å². The second-order valence-electron chi connectivity index (χ2n) is 4.89. The number of fused-ring (bicyclic) bond motifs is 1. The summed E-state index contributed by atoms with van der Waals surface area (Å²) in [5.74, 6) is -0.882. The zero-order valence-electron chi connectivity index (χ0n) is 11.8. The number of rotatable bonds is 3. The van der Waals surface area contributed by atoms with Gasteiger partial charge in [-0.3, -0.25) is 10.0 Å². The van der Waals surface area contributed by atoms with Crippen LogP contribution in [0.5, 0.6) is 0 Å². The highest BCUT2D eigenvalue weighted by Gasteiger charge is 2.13. The third kappa shape index (κ3) is 2.66. The fourth-order valence-electron chi connectivity index (χ4n) is 2.15. The molecule has 1 N–H and O–H groups in total. The monoisotopic (exact) mass is 300 g/mol.